The van der Waals surface area contributed by atoms with Crippen LogP contribution in [0.3, 0.4) is 0 Å². The van der Waals surface area contributed by atoms with E-state index in [0.29, 0.717) is 6.04 Å². The van der Waals surface area contributed by atoms with Gasteiger partial charge in [-0.2, -0.15) is 4.98 Å². The molecule has 0 spiro atoms. The number of aromatic nitrogens is 2. The van der Waals surface area contributed by atoms with Gasteiger partial charge in [0.25, 0.3) is 0 Å². The summed E-state index contributed by atoms with van der Waals surface area (Å²) in [6, 6.07) is 0.489. The van der Waals surface area contributed by atoms with Crippen LogP contribution < -0.4 is 15.5 Å². The van der Waals surface area contributed by atoms with Crippen LogP contribution in [0, 0.1) is 13.8 Å². The van der Waals surface area contributed by atoms with E-state index in [2.05, 4.69) is 34.4 Å². The van der Waals surface area contributed by atoms with Gasteiger partial charge in [-0.15, -0.1) is 0 Å². The van der Waals surface area contributed by atoms with Crippen LogP contribution in [0.25, 0.3) is 0 Å². The molecule has 1 atom stereocenters. The molecule has 0 radical (unpaired) electrons. The third-order valence-corrected chi connectivity index (χ3v) is 4.40. The largest absolute Gasteiger partial charge is 0.366 e. The number of rotatable bonds is 3. The van der Waals surface area contributed by atoms with E-state index in [1.54, 1.807) is 0 Å². The van der Waals surface area contributed by atoms with Crippen LogP contribution in [-0.4, -0.2) is 42.2 Å². The minimum Gasteiger partial charge on any atom is -0.366 e. The standard InChI is InChI=1S/C15H25N5/c1-11-12(2)17-15(20-8-3-4-9-20)19-14(11)18-13-6-5-7-16-10-13/h13,16H,3-10H2,1-2H3,(H,17,18,19)/t13-/m0/s1. The highest BCUT2D eigenvalue weighted by Gasteiger charge is 2.19. The predicted octanol–water partition coefficient (Wildman–Crippen LogP) is 1.86. The molecule has 2 aliphatic heterocycles. The van der Waals surface area contributed by atoms with E-state index in [1.165, 1.54) is 31.2 Å². The Hall–Kier alpha value is -1.36. The molecule has 2 saturated heterocycles. The van der Waals surface area contributed by atoms with E-state index < -0.39 is 0 Å². The van der Waals surface area contributed by atoms with E-state index >= 15 is 0 Å². The third-order valence-electron chi connectivity index (χ3n) is 4.40. The van der Waals surface area contributed by atoms with E-state index in [9.17, 15) is 0 Å². The number of hydrogen-bond acceptors (Lipinski definition) is 5. The van der Waals surface area contributed by atoms with Crippen LogP contribution in [0.5, 0.6) is 0 Å². The van der Waals surface area contributed by atoms with Crippen molar-refractivity contribution in [3.63, 3.8) is 0 Å². The molecule has 3 rings (SSSR count). The Bertz CT molecular complexity index is 462. The van der Waals surface area contributed by atoms with Gasteiger partial charge in [-0.25, -0.2) is 4.98 Å². The number of nitrogens with zero attached hydrogens (tertiary/aromatic N) is 3. The maximum atomic E-state index is 4.79. The first kappa shape index (κ1) is 13.6. The van der Waals surface area contributed by atoms with Crippen molar-refractivity contribution in [2.75, 3.05) is 36.4 Å². The molecular weight excluding hydrogens is 250 g/mol. The quantitative estimate of drug-likeness (QED) is 0.882. The van der Waals surface area contributed by atoms with Gasteiger partial charge in [0.15, 0.2) is 0 Å². The minimum absolute atomic E-state index is 0.489. The topological polar surface area (TPSA) is 53.1 Å². The van der Waals surface area contributed by atoms with Gasteiger partial charge in [0, 0.05) is 36.9 Å². The summed E-state index contributed by atoms with van der Waals surface area (Å²) < 4.78 is 0. The molecule has 3 heterocycles. The lowest BCUT2D eigenvalue weighted by molar-refractivity contribution is 0.478. The fourth-order valence-corrected chi connectivity index (χ4v) is 2.98. The average molecular weight is 275 g/mol. The maximum absolute atomic E-state index is 4.79. The molecule has 0 saturated carbocycles. The van der Waals surface area contributed by atoms with Crippen LogP contribution >= 0.6 is 0 Å². The fraction of sp³-hybridized carbons (Fsp3) is 0.733. The Morgan fingerprint density at radius 1 is 1.15 bits per heavy atom. The molecule has 0 bridgehead atoms. The van der Waals surface area contributed by atoms with Gasteiger partial charge >= 0.3 is 0 Å². The third kappa shape index (κ3) is 2.87. The smallest absolute Gasteiger partial charge is 0.227 e. The first-order valence-electron chi connectivity index (χ1n) is 7.81. The average Bonchev–Trinajstić information content (AvgIpc) is 2.99. The Morgan fingerprint density at radius 3 is 2.65 bits per heavy atom. The maximum Gasteiger partial charge on any atom is 0.227 e. The summed E-state index contributed by atoms with van der Waals surface area (Å²) in [6.07, 6.45) is 4.96. The highest BCUT2D eigenvalue weighted by atomic mass is 15.3. The molecule has 2 N–H and O–H groups in total. The zero-order chi connectivity index (χ0) is 13.9. The highest BCUT2D eigenvalue weighted by molar-refractivity contribution is 5.51. The molecule has 0 aromatic carbocycles. The lowest BCUT2D eigenvalue weighted by Gasteiger charge is -2.26. The van der Waals surface area contributed by atoms with Gasteiger partial charge in [0.1, 0.15) is 5.82 Å². The Kier molecular flexibility index (Phi) is 4.05. The Balaban J connectivity index is 1.80. The summed E-state index contributed by atoms with van der Waals surface area (Å²) >= 11 is 0. The van der Waals surface area contributed by atoms with Crippen molar-refractivity contribution in [1.82, 2.24) is 15.3 Å². The molecule has 5 heteroatoms. The van der Waals surface area contributed by atoms with Crippen molar-refractivity contribution in [2.45, 2.75) is 45.6 Å². The van der Waals surface area contributed by atoms with Gasteiger partial charge in [-0.1, -0.05) is 0 Å². The zero-order valence-electron chi connectivity index (χ0n) is 12.6. The molecule has 2 fully saturated rings. The number of piperidine rings is 1. The molecule has 5 nitrogen and oxygen atoms in total. The number of nitrogens with one attached hydrogen (secondary N) is 2. The molecular formula is C15H25N5. The van der Waals surface area contributed by atoms with Gasteiger partial charge in [0.05, 0.1) is 0 Å². The molecule has 2 aliphatic rings. The molecule has 0 unspecified atom stereocenters. The van der Waals surface area contributed by atoms with Gasteiger partial charge in [-0.3, -0.25) is 0 Å². The molecule has 0 amide bonds. The monoisotopic (exact) mass is 275 g/mol. The van der Waals surface area contributed by atoms with Crippen molar-refractivity contribution in [2.24, 2.45) is 0 Å². The van der Waals surface area contributed by atoms with E-state index in [0.717, 1.165) is 43.6 Å². The first-order valence-corrected chi connectivity index (χ1v) is 7.81. The van der Waals surface area contributed by atoms with Crippen molar-refractivity contribution < 1.29 is 0 Å². The van der Waals surface area contributed by atoms with Crippen molar-refractivity contribution in [3.05, 3.63) is 11.3 Å². The van der Waals surface area contributed by atoms with E-state index in [1.807, 2.05) is 0 Å². The lowest BCUT2D eigenvalue weighted by Crippen LogP contribution is -2.39. The van der Waals surface area contributed by atoms with Crippen molar-refractivity contribution >= 4 is 11.8 Å². The molecule has 20 heavy (non-hydrogen) atoms. The van der Waals surface area contributed by atoms with Crippen LogP contribution in [0.15, 0.2) is 0 Å². The molecule has 110 valence electrons. The number of anilines is 2. The second kappa shape index (κ2) is 5.95. The Labute approximate surface area is 121 Å². The second-order valence-electron chi connectivity index (χ2n) is 5.96. The summed E-state index contributed by atoms with van der Waals surface area (Å²) in [6.45, 7) is 8.54. The lowest BCUT2D eigenvalue weighted by atomic mass is 10.1. The minimum atomic E-state index is 0.489. The number of aryl methyl sites for hydroxylation is 1. The summed E-state index contributed by atoms with van der Waals surface area (Å²) in [5, 5.41) is 7.06. The van der Waals surface area contributed by atoms with Crippen LogP contribution in [0.4, 0.5) is 11.8 Å². The fourth-order valence-electron chi connectivity index (χ4n) is 2.98. The normalized spacial score (nSPS) is 23.1. The van der Waals surface area contributed by atoms with Crippen LogP contribution in [0.2, 0.25) is 0 Å². The van der Waals surface area contributed by atoms with E-state index in [4.69, 9.17) is 4.98 Å². The van der Waals surface area contributed by atoms with Crippen LogP contribution in [-0.2, 0) is 0 Å². The van der Waals surface area contributed by atoms with Crippen molar-refractivity contribution in [3.8, 4) is 0 Å². The zero-order valence-corrected chi connectivity index (χ0v) is 12.6. The second-order valence-corrected chi connectivity index (χ2v) is 5.96. The molecule has 1 aromatic rings. The van der Waals surface area contributed by atoms with Crippen molar-refractivity contribution in [1.29, 1.82) is 0 Å². The molecule has 1 aromatic heterocycles. The van der Waals surface area contributed by atoms with E-state index in [-0.39, 0.29) is 0 Å². The van der Waals surface area contributed by atoms with Crippen LogP contribution in [0.1, 0.15) is 36.9 Å². The Morgan fingerprint density at radius 2 is 1.95 bits per heavy atom. The first-order chi connectivity index (χ1) is 9.74. The summed E-state index contributed by atoms with van der Waals surface area (Å²) in [5.74, 6) is 1.92. The van der Waals surface area contributed by atoms with Gasteiger partial charge < -0.3 is 15.5 Å². The molecule has 0 aliphatic carbocycles. The highest BCUT2D eigenvalue weighted by Crippen LogP contribution is 2.23. The summed E-state index contributed by atoms with van der Waals surface area (Å²) in [4.78, 5) is 11.8. The summed E-state index contributed by atoms with van der Waals surface area (Å²) in [5.41, 5.74) is 2.27. The van der Waals surface area contributed by atoms with Gasteiger partial charge in [-0.05, 0) is 46.1 Å². The number of hydrogen-bond donors (Lipinski definition) is 2. The van der Waals surface area contributed by atoms with Gasteiger partial charge in [0.2, 0.25) is 5.95 Å². The summed E-state index contributed by atoms with van der Waals surface area (Å²) in [7, 11) is 0. The SMILES string of the molecule is Cc1nc(N2CCCC2)nc(N[C@H]2CCCNC2)c1C. The predicted molar refractivity (Wildman–Crippen MR) is 82.5 cm³/mol.